The summed E-state index contributed by atoms with van der Waals surface area (Å²) in [6.07, 6.45) is -0.538. The van der Waals surface area contributed by atoms with Crippen LogP contribution in [0.5, 0.6) is 0 Å². The highest BCUT2D eigenvalue weighted by molar-refractivity contribution is 7.17. The number of esters is 1. The molecule has 0 radical (unpaired) electrons. The first-order valence-electron chi connectivity index (χ1n) is 6.17. The van der Waals surface area contributed by atoms with Crippen molar-refractivity contribution in [1.82, 2.24) is 0 Å². The lowest BCUT2D eigenvalue weighted by Crippen LogP contribution is -2.01. The molecule has 0 bridgehead atoms. The van der Waals surface area contributed by atoms with E-state index in [1.54, 1.807) is 19.9 Å². The van der Waals surface area contributed by atoms with E-state index >= 15 is 0 Å². The molecule has 1 aromatic heterocycles. The zero-order valence-electron chi connectivity index (χ0n) is 10.9. The molecular weight excluding hydrogens is 260 g/mol. The van der Waals surface area contributed by atoms with Crippen molar-refractivity contribution in [3.8, 4) is 10.4 Å². The first kappa shape index (κ1) is 13.8. The molecule has 1 unspecified atom stereocenters. The second kappa shape index (κ2) is 5.99. The number of rotatable bonds is 4. The molecule has 0 aliphatic carbocycles. The molecule has 1 heterocycles. The molecule has 2 rings (SSSR count). The lowest BCUT2D eigenvalue weighted by molar-refractivity contribution is 0.0532. The van der Waals surface area contributed by atoms with Gasteiger partial charge in [-0.15, -0.1) is 11.3 Å². The first-order valence-corrected chi connectivity index (χ1v) is 6.99. The van der Waals surface area contributed by atoms with Gasteiger partial charge in [-0.25, -0.2) is 4.79 Å². The van der Waals surface area contributed by atoms with Gasteiger partial charge in [0, 0.05) is 4.88 Å². The minimum Gasteiger partial charge on any atom is -0.462 e. The summed E-state index contributed by atoms with van der Waals surface area (Å²) >= 11 is 1.38. The van der Waals surface area contributed by atoms with Crippen molar-refractivity contribution in [2.24, 2.45) is 0 Å². The van der Waals surface area contributed by atoms with E-state index in [0.717, 1.165) is 16.0 Å². The van der Waals surface area contributed by atoms with Crippen LogP contribution in [-0.4, -0.2) is 17.7 Å². The minimum absolute atomic E-state index is 0.298. The average molecular weight is 276 g/mol. The molecular formula is C15H16O3S. The molecule has 0 aliphatic rings. The van der Waals surface area contributed by atoms with Gasteiger partial charge in [-0.05, 0) is 37.1 Å². The van der Waals surface area contributed by atoms with Crippen molar-refractivity contribution < 1.29 is 14.6 Å². The fourth-order valence-electron chi connectivity index (χ4n) is 1.88. The molecule has 4 heteroatoms. The van der Waals surface area contributed by atoms with Crippen molar-refractivity contribution in [3.63, 3.8) is 0 Å². The van der Waals surface area contributed by atoms with Crippen LogP contribution in [0.3, 0.4) is 0 Å². The van der Waals surface area contributed by atoms with Gasteiger partial charge in [0.15, 0.2) is 0 Å². The molecule has 1 N–H and O–H groups in total. The second-order valence-corrected chi connectivity index (χ2v) is 5.23. The Balaban J connectivity index is 2.36. The quantitative estimate of drug-likeness (QED) is 0.867. The summed E-state index contributed by atoms with van der Waals surface area (Å²) in [5.41, 5.74) is 1.82. The van der Waals surface area contributed by atoms with Gasteiger partial charge in [-0.2, -0.15) is 0 Å². The highest BCUT2D eigenvalue weighted by Crippen LogP contribution is 2.33. The number of aliphatic hydroxyl groups is 1. The predicted octanol–water partition coefficient (Wildman–Crippen LogP) is 3.65. The molecule has 1 aromatic carbocycles. The summed E-state index contributed by atoms with van der Waals surface area (Å²) in [6, 6.07) is 11.3. The Bertz CT molecular complexity index is 572. The van der Waals surface area contributed by atoms with Crippen molar-refractivity contribution >= 4 is 17.3 Å². The fourth-order valence-corrected chi connectivity index (χ4v) is 2.83. The largest absolute Gasteiger partial charge is 0.462 e. The lowest BCUT2D eigenvalue weighted by Gasteiger charge is -2.10. The topological polar surface area (TPSA) is 46.5 Å². The maximum absolute atomic E-state index is 11.6. The van der Waals surface area contributed by atoms with Gasteiger partial charge in [-0.1, -0.05) is 24.3 Å². The third-order valence-corrected chi connectivity index (χ3v) is 3.86. The van der Waals surface area contributed by atoms with E-state index in [1.807, 2.05) is 30.3 Å². The molecule has 1 atom stereocenters. The normalized spacial score (nSPS) is 12.2. The summed E-state index contributed by atoms with van der Waals surface area (Å²) in [5, 5.41) is 9.78. The third-order valence-electron chi connectivity index (χ3n) is 2.76. The number of aliphatic hydroxyl groups excluding tert-OH is 1. The Kier molecular flexibility index (Phi) is 4.35. The molecule has 0 saturated heterocycles. The van der Waals surface area contributed by atoms with Crippen LogP contribution in [0.15, 0.2) is 36.4 Å². The second-order valence-electron chi connectivity index (χ2n) is 4.15. The number of ether oxygens (including phenoxy) is 1. The van der Waals surface area contributed by atoms with Crippen molar-refractivity contribution in [1.29, 1.82) is 0 Å². The predicted molar refractivity (Wildman–Crippen MR) is 76.3 cm³/mol. The summed E-state index contributed by atoms with van der Waals surface area (Å²) in [6.45, 7) is 3.89. The Morgan fingerprint density at radius 3 is 2.74 bits per heavy atom. The van der Waals surface area contributed by atoms with Gasteiger partial charge < -0.3 is 9.84 Å². The molecule has 0 spiro atoms. The van der Waals surface area contributed by atoms with Gasteiger partial charge in [0.25, 0.3) is 0 Å². The van der Waals surface area contributed by atoms with Crippen molar-refractivity contribution in [2.45, 2.75) is 20.0 Å². The molecule has 19 heavy (non-hydrogen) atoms. The molecule has 0 saturated carbocycles. The molecule has 0 amide bonds. The number of hydrogen-bond acceptors (Lipinski definition) is 4. The Hall–Kier alpha value is -1.65. The number of hydrogen-bond donors (Lipinski definition) is 1. The van der Waals surface area contributed by atoms with E-state index < -0.39 is 6.10 Å². The Morgan fingerprint density at radius 2 is 2.05 bits per heavy atom. The zero-order valence-corrected chi connectivity index (χ0v) is 11.7. The first-order chi connectivity index (χ1) is 9.13. The van der Waals surface area contributed by atoms with Gasteiger partial charge in [0.05, 0.1) is 12.7 Å². The Morgan fingerprint density at radius 1 is 1.32 bits per heavy atom. The van der Waals surface area contributed by atoms with Crippen LogP contribution in [0, 0.1) is 0 Å². The third kappa shape index (κ3) is 3.03. The van der Waals surface area contributed by atoms with E-state index in [-0.39, 0.29) is 5.97 Å². The van der Waals surface area contributed by atoms with Crippen LogP contribution < -0.4 is 0 Å². The maximum atomic E-state index is 11.6. The summed E-state index contributed by atoms with van der Waals surface area (Å²) in [5.74, 6) is -0.298. The zero-order chi connectivity index (χ0) is 13.8. The minimum atomic E-state index is -0.538. The van der Waals surface area contributed by atoms with E-state index in [0.29, 0.717) is 11.5 Å². The van der Waals surface area contributed by atoms with Gasteiger partial charge >= 0.3 is 5.97 Å². The van der Waals surface area contributed by atoms with Crippen LogP contribution in [0.4, 0.5) is 0 Å². The monoisotopic (exact) mass is 276 g/mol. The summed E-state index contributed by atoms with van der Waals surface area (Å²) in [4.78, 5) is 13.2. The van der Waals surface area contributed by atoms with Gasteiger partial charge in [0.2, 0.25) is 0 Å². The van der Waals surface area contributed by atoms with E-state index in [1.165, 1.54) is 11.3 Å². The van der Waals surface area contributed by atoms with Crippen LogP contribution in [0.2, 0.25) is 0 Å². The average Bonchev–Trinajstić information content (AvgIpc) is 2.88. The molecule has 100 valence electrons. The van der Waals surface area contributed by atoms with Crippen molar-refractivity contribution in [2.75, 3.05) is 6.61 Å². The highest BCUT2D eigenvalue weighted by atomic mass is 32.1. The fraction of sp³-hybridized carbons (Fsp3) is 0.267. The van der Waals surface area contributed by atoms with Gasteiger partial charge in [0.1, 0.15) is 4.88 Å². The maximum Gasteiger partial charge on any atom is 0.348 e. The van der Waals surface area contributed by atoms with Crippen LogP contribution in [0.1, 0.15) is 35.2 Å². The molecule has 0 fully saturated rings. The van der Waals surface area contributed by atoms with Crippen LogP contribution in [-0.2, 0) is 4.74 Å². The smallest absolute Gasteiger partial charge is 0.348 e. The lowest BCUT2D eigenvalue weighted by atomic mass is 10.0. The number of carbonyl (C=O) groups is 1. The number of thiophene rings is 1. The SMILES string of the molecule is CCOC(=O)c1ccc(-c2ccccc2C(C)O)s1. The van der Waals surface area contributed by atoms with Crippen LogP contribution in [0.25, 0.3) is 10.4 Å². The van der Waals surface area contributed by atoms with Crippen LogP contribution >= 0.6 is 11.3 Å². The Labute approximate surface area is 116 Å². The van der Waals surface area contributed by atoms with E-state index in [4.69, 9.17) is 4.74 Å². The molecule has 2 aromatic rings. The van der Waals surface area contributed by atoms with Crippen molar-refractivity contribution in [3.05, 3.63) is 46.8 Å². The number of benzene rings is 1. The number of carbonyl (C=O) groups excluding carboxylic acids is 1. The van der Waals surface area contributed by atoms with Gasteiger partial charge in [-0.3, -0.25) is 0 Å². The summed E-state index contributed by atoms with van der Waals surface area (Å²) < 4.78 is 4.98. The molecule has 3 nitrogen and oxygen atoms in total. The highest BCUT2D eigenvalue weighted by Gasteiger charge is 2.14. The summed E-state index contributed by atoms with van der Waals surface area (Å²) in [7, 11) is 0. The standard InChI is InChI=1S/C15H16O3S/c1-3-18-15(17)14-9-8-13(19-14)12-7-5-4-6-11(12)10(2)16/h4-10,16H,3H2,1-2H3. The molecule has 0 aliphatic heterocycles. The van der Waals surface area contributed by atoms with E-state index in [2.05, 4.69) is 0 Å². The van der Waals surface area contributed by atoms with E-state index in [9.17, 15) is 9.90 Å².